The van der Waals surface area contributed by atoms with E-state index in [0.29, 0.717) is 42.5 Å². The number of piperidine rings is 1. The Balaban J connectivity index is 1.33. The molecule has 2 aliphatic heterocycles. The molecule has 2 heterocycles. The number of benzene rings is 2. The van der Waals surface area contributed by atoms with Crippen molar-refractivity contribution in [3.8, 4) is 0 Å². The van der Waals surface area contributed by atoms with Gasteiger partial charge in [-0.15, -0.1) is 0 Å². The number of likely N-dealkylation sites (tertiary alicyclic amines) is 1. The second-order valence-corrected chi connectivity index (χ2v) is 11.8. The first-order valence-corrected chi connectivity index (χ1v) is 14.2. The van der Waals surface area contributed by atoms with E-state index < -0.39 is 5.41 Å². The third-order valence-corrected chi connectivity index (χ3v) is 10.0. The Morgan fingerprint density at radius 1 is 0.944 bits per heavy atom. The van der Waals surface area contributed by atoms with E-state index in [4.69, 9.17) is 0 Å². The fourth-order valence-electron chi connectivity index (χ4n) is 8.31. The molecule has 2 N–H and O–H groups in total. The number of nitrogens with zero attached hydrogens (tertiary/aromatic N) is 1. The van der Waals surface area contributed by atoms with Crippen LogP contribution in [0.15, 0.2) is 42.5 Å². The number of quaternary nitrogens is 1. The number of carbonyl (C=O) groups is 1. The summed E-state index contributed by atoms with van der Waals surface area (Å²) in [6.45, 7) is 2.11. The van der Waals surface area contributed by atoms with Crippen molar-refractivity contribution < 1.29 is 18.9 Å². The first-order valence-electron chi connectivity index (χ1n) is 14.2. The Morgan fingerprint density at radius 3 is 2.53 bits per heavy atom. The van der Waals surface area contributed by atoms with Crippen molar-refractivity contribution >= 4 is 5.91 Å². The maximum atomic E-state index is 15.3. The molecular weight excluding hydrogens is 454 g/mol. The molecule has 1 spiro atoms. The Morgan fingerprint density at radius 2 is 1.72 bits per heavy atom. The number of carbonyl (C=O) groups excluding carboxylic acids is 1. The van der Waals surface area contributed by atoms with E-state index in [-0.39, 0.29) is 29.5 Å². The third-order valence-electron chi connectivity index (χ3n) is 10.0. The Labute approximate surface area is 213 Å². The lowest BCUT2D eigenvalue weighted by Crippen LogP contribution is -2.82. The van der Waals surface area contributed by atoms with Crippen LogP contribution in [0.1, 0.15) is 80.4 Å². The standard InChI is InChI=1S/C31H38F2N2O/c32-26-13-14-27(33)29-24(26)12-7-16-31(29)20-34-19-25(31)30(36)35-17-15-23(21-8-3-1-4-9-21)18-28(35)22-10-5-2-6-11-22/h1,3-4,8-9,13-14,22-23,25,28,34H,2,5-7,10-12,15-20H2/p+1/t23-,25+,28+,31-/m1/s1. The summed E-state index contributed by atoms with van der Waals surface area (Å²) in [5.41, 5.74) is 1.81. The molecule has 1 amide bonds. The molecule has 2 saturated heterocycles. The summed E-state index contributed by atoms with van der Waals surface area (Å²) in [5.74, 6) is 0.296. The van der Waals surface area contributed by atoms with Crippen molar-refractivity contribution in [1.29, 1.82) is 0 Å². The number of hydrogen-bond donors (Lipinski definition) is 1. The molecular formula is C31H39F2N2O+. The maximum Gasteiger partial charge on any atom is 0.232 e. The quantitative estimate of drug-likeness (QED) is 0.636. The fraction of sp³-hybridized carbons (Fsp3) is 0.581. The number of nitrogens with two attached hydrogens (primary N) is 1. The van der Waals surface area contributed by atoms with Gasteiger partial charge in [0.05, 0.1) is 18.5 Å². The Kier molecular flexibility index (Phi) is 6.62. The van der Waals surface area contributed by atoms with Gasteiger partial charge in [0.25, 0.3) is 0 Å². The van der Waals surface area contributed by atoms with Crippen LogP contribution in [0.2, 0.25) is 0 Å². The molecule has 5 heteroatoms. The second kappa shape index (κ2) is 9.89. The number of halogens is 2. The van der Waals surface area contributed by atoms with Crippen LogP contribution in [0.3, 0.4) is 0 Å². The van der Waals surface area contributed by atoms with Crippen LogP contribution in [0.25, 0.3) is 0 Å². The van der Waals surface area contributed by atoms with Crippen LogP contribution in [0, 0.1) is 23.5 Å². The third kappa shape index (κ3) is 4.08. The van der Waals surface area contributed by atoms with Crippen molar-refractivity contribution in [2.24, 2.45) is 11.8 Å². The summed E-state index contributed by atoms with van der Waals surface area (Å²) in [7, 11) is 0. The zero-order chi connectivity index (χ0) is 24.7. The Hall–Kier alpha value is -2.27. The summed E-state index contributed by atoms with van der Waals surface area (Å²) in [6, 6.07) is 13.6. The van der Waals surface area contributed by atoms with E-state index in [1.165, 1.54) is 49.8 Å². The van der Waals surface area contributed by atoms with Crippen molar-refractivity contribution in [2.45, 2.75) is 81.6 Å². The highest BCUT2D eigenvalue weighted by Crippen LogP contribution is 2.47. The molecule has 3 nitrogen and oxygen atoms in total. The zero-order valence-corrected chi connectivity index (χ0v) is 21.2. The number of amides is 1. The molecule has 2 aliphatic carbocycles. The average molecular weight is 494 g/mol. The van der Waals surface area contributed by atoms with E-state index in [2.05, 4.69) is 40.5 Å². The fourth-order valence-corrected chi connectivity index (χ4v) is 8.31. The first kappa shape index (κ1) is 24.1. The largest absolute Gasteiger partial charge is 0.345 e. The van der Waals surface area contributed by atoms with E-state index in [1.54, 1.807) is 0 Å². The van der Waals surface area contributed by atoms with Gasteiger partial charge < -0.3 is 10.2 Å². The van der Waals surface area contributed by atoms with Crippen molar-refractivity contribution in [2.75, 3.05) is 19.6 Å². The van der Waals surface area contributed by atoms with Crippen molar-refractivity contribution in [1.82, 2.24) is 4.90 Å². The monoisotopic (exact) mass is 493 g/mol. The van der Waals surface area contributed by atoms with E-state index in [0.717, 1.165) is 32.2 Å². The summed E-state index contributed by atoms with van der Waals surface area (Å²) in [4.78, 5) is 16.7. The molecule has 0 unspecified atom stereocenters. The molecule has 4 aliphatic rings. The predicted octanol–water partition coefficient (Wildman–Crippen LogP) is 5.09. The topological polar surface area (TPSA) is 36.9 Å². The van der Waals surface area contributed by atoms with Crippen molar-refractivity contribution in [3.63, 3.8) is 0 Å². The molecule has 0 bridgehead atoms. The smallest absolute Gasteiger partial charge is 0.232 e. The highest BCUT2D eigenvalue weighted by atomic mass is 19.1. The lowest BCUT2D eigenvalue weighted by Gasteiger charge is -2.47. The number of rotatable bonds is 3. The number of hydrogen-bond acceptors (Lipinski definition) is 1. The van der Waals surface area contributed by atoms with Gasteiger partial charge in [0.1, 0.15) is 17.6 Å². The first-order chi connectivity index (χ1) is 17.6. The van der Waals surface area contributed by atoms with Gasteiger partial charge in [-0.1, -0.05) is 49.6 Å². The van der Waals surface area contributed by atoms with Gasteiger partial charge in [0, 0.05) is 18.2 Å². The molecule has 1 saturated carbocycles. The zero-order valence-electron chi connectivity index (χ0n) is 21.2. The van der Waals surface area contributed by atoms with E-state index in [9.17, 15) is 9.18 Å². The van der Waals surface area contributed by atoms with Gasteiger partial charge >= 0.3 is 0 Å². The lowest BCUT2D eigenvalue weighted by atomic mass is 9.63. The second-order valence-electron chi connectivity index (χ2n) is 11.8. The van der Waals surface area contributed by atoms with Gasteiger partial charge in [0.2, 0.25) is 5.91 Å². The van der Waals surface area contributed by atoms with Gasteiger partial charge in [-0.2, -0.15) is 0 Å². The molecule has 3 fully saturated rings. The Bertz CT molecular complexity index is 1100. The average Bonchev–Trinajstić information content (AvgIpc) is 3.34. The molecule has 0 aromatic heterocycles. The van der Waals surface area contributed by atoms with Crippen LogP contribution in [0.4, 0.5) is 8.78 Å². The predicted molar refractivity (Wildman–Crippen MR) is 137 cm³/mol. The molecule has 6 rings (SSSR count). The van der Waals surface area contributed by atoms with Gasteiger partial charge in [-0.25, -0.2) is 8.78 Å². The highest BCUT2D eigenvalue weighted by molar-refractivity contribution is 5.82. The SMILES string of the molecule is O=C([C@@H]1C[NH2+]C[C@]12CCCc1c(F)ccc(F)c12)N1CC[C@@H](c2ccccc2)C[C@H]1C1CCCCC1. The normalized spacial score (nSPS) is 30.9. The molecule has 2 aromatic carbocycles. The van der Waals surface area contributed by atoms with E-state index >= 15 is 4.39 Å². The van der Waals surface area contributed by atoms with E-state index in [1.807, 2.05) is 0 Å². The summed E-state index contributed by atoms with van der Waals surface area (Å²) in [5, 5.41) is 2.17. The molecule has 4 atom stereocenters. The summed E-state index contributed by atoms with van der Waals surface area (Å²) >= 11 is 0. The van der Waals surface area contributed by atoms with Crippen LogP contribution in [-0.2, 0) is 16.6 Å². The number of fused-ring (bicyclic) bond motifs is 2. The van der Waals surface area contributed by atoms with Crippen LogP contribution in [-0.4, -0.2) is 36.5 Å². The summed E-state index contributed by atoms with van der Waals surface area (Å²) in [6.07, 6.45) is 10.3. The minimum atomic E-state index is -0.593. The van der Waals surface area contributed by atoms with Gasteiger partial charge in [0.15, 0.2) is 0 Å². The van der Waals surface area contributed by atoms with Crippen LogP contribution >= 0.6 is 0 Å². The van der Waals surface area contributed by atoms with Gasteiger partial charge in [-0.3, -0.25) is 4.79 Å². The van der Waals surface area contributed by atoms with Crippen LogP contribution < -0.4 is 5.32 Å². The van der Waals surface area contributed by atoms with Crippen LogP contribution in [0.5, 0.6) is 0 Å². The molecule has 36 heavy (non-hydrogen) atoms. The maximum absolute atomic E-state index is 15.3. The van der Waals surface area contributed by atoms with Gasteiger partial charge in [-0.05, 0) is 80.0 Å². The highest BCUT2D eigenvalue weighted by Gasteiger charge is 2.56. The molecule has 2 aromatic rings. The van der Waals surface area contributed by atoms with Crippen molar-refractivity contribution in [3.05, 3.63) is 70.8 Å². The summed E-state index contributed by atoms with van der Waals surface area (Å²) < 4.78 is 30.1. The minimum Gasteiger partial charge on any atom is -0.345 e. The molecule has 192 valence electrons. The lowest BCUT2D eigenvalue weighted by molar-refractivity contribution is -0.640. The molecule has 0 radical (unpaired) electrons. The minimum absolute atomic E-state index is 0.197.